The van der Waals surface area contributed by atoms with Gasteiger partial charge in [0.2, 0.25) is 0 Å². The van der Waals surface area contributed by atoms with Gasteiger partial charge in [0.05, 0.1) is 0 Å². The second-order valence-electron chi connectivity index (χ2n) is 19.8. The Bertz CT molecular complexity index is 996. The summed E-state index contributed by atoms with van der Waals surface area (Å²) in [5.74, 6) is 5.34. The van der Waals surface area contributed by atoms with Crippen LogP contribution in [0.3, 0.4) is 0 Å². The van der Waals surface area contributed by atoms with E-state index in [0.29, 0.717) is 17.3 Å². The van der Waals surface area contributed by atoms with E-state index in [4.69, 9.17) is 4.74 Å². The molecule has 4 aliphatic rings. The van der Waals surface area contributed by atoms with Gasteiger partial charge in [-0.2, -0.15) is 0 Å². The number of unbranched alkanes of at least 4 members (excludes halogenated alkanes) is 18. The van der Waals surface area contributed by atoms with Crippen LogP contribution in [0.1, 0.15) is 241 Å². The summed E-state index contributed by atoms with van der Waals surface area (Å²) in [6.45, 7) is 15.0. The molecule has 3 saturated carbocycles. The van der Waals surface area contributed by atoms with Gasteiger partial charge in [-0.15, -0.1) is 0 Å². The Morgan fingerprint density at radius 3 is 1.82 bits per heavy atom. The highest BCUT2D eigenvalue weighted by Crippen LogP contribution is 2.67. The van der Waals surface area contributed by atoms with Crippen LogP contribution in [0.5, 0.6) is 0 Å². The lowest BCUT2D eigenvalue weighted by Crippen LogP contribution is -2.51. The first-order valence-corrected chi connectivity index (χ1v) is 23.6. The minimum Gasteiger partial charge on any atom is -0.462 e. The number of allylic oxidation sites excluding steroid dienone is 1. The molecule has 2 heteroatoms. The molecule has 0 spiro atoms. The lowest BCUT2D eigenvalue weighted by molar-refractivity contribution is -0.151. The Morgan fingerprint density at radius 1 is 0.686 bits per heavy atom. The van der Waals surface area contributed by atoms with Crippen LogP contribution in [0.15, 0.2) is 11.6 Å². The van der Waals surface area contributed by atoms with Crippen LogP contribution < -0.4 is 0 Å². The lowest BCUT2D eigenvalue weighted by Gasteiger charge is -2.58. The zero-order chi connectivity index (χ0) is 36.5. The van der Waals surface area contributed by atoms with E-state index in [0.717, 1.165) is 54.8 Å². The Kier molecular flexibility index (Phi) is 19.0. The molecule has 0 bridgehead atoms. The van der Waals surface area contributed by atoms with Crippen molar-refractivity contribution in [3.05, 3.63) is 11.6 Å². The smallest absolute Gasteiger partial charge is 0.306 e. The third-order valence-corrected chi connectivity index (χ3v) is 15.5. The van der Waals surface area contributed by atoms with E-state index in [9.17, 15) is 4.79 Å². The van der Waals surface area contributed by atoms with Gasteiger partial charge in [-0.25, -0.2) is 0 Å². The minimum atomic E-state index is 0.0674. The molecule has 4 aliphatic carbocycles. The highest BCUT2D eigenvalue weighted by atomic mass is 16.5. The van der Waals surface area contributed by atoms with E-state index in [1.54, 1.807) is 5.57 Å². The first-order chi connectivity index (χ1) is 24.7. The molecule has 0 saturated heterocycles. The largest absolute Gasteiger partial charge is 0.462 e. The highest BCUT2D eigenvalue weighted by Gasteiger charge is 2.59. The third kappa shape index (κ3) is 12.9. The van der Waals surface area contributed by atoms with Crippen LogP contribution in [-0.2, 0) is 9.53 Å². The number of carbonyl (C=O) groups is 1. The van der Waals surface area contributed by atoms with E-state index in [1.807, 2.05) is 0 Å². The summed E-state index contributed by atoms with van der Waals surface area (Å²) in [5.41, 5.74) is 2.54. The van der Waals surface area contributed by atoms with E-state index >= 15 is 0 Å². The summed E-state index contributed by atoms with van der Waals surface area (Å²) in [5, 5.41) is 0. The molecule has 0 aromatic rings. The maximum absolute atomic E-state index is 12.9. The maximum atomic E-state index is 12.9. The van der Waals surface area contributed by atoms with Crippen LogP contribution in [-0.4, -0.2) is 12.1 Å². The van der Waals surface area contributed by atoms with Gasteiger partial charge in [0.25, 0.3) is 0 Å². The van der Waals surface area contributed by atoms with Crippen molar-refractivity contribution in [2.45, 2.75) is 247 Å². The van der Waals surface area contributed by atoms with Crippen molar-refractivity contribution in [3.63, 3.8) is 0 Å². The molecule has 0 N–H and O–H groups in total. The normalized spacial score (nSPS) is 30.8. The van der Waals surface area contributed by atoms with Crippen molar-refractivity contribution in [1.29, 1.82) is 0 Å². The van der Waals surface area contributed by atoms with Crippen molar-refractivity contribution in [2.24, 2.45) is 46.3 Å². The molecule has 0 aliphatic heterocycles. The van der Waals surface area contributed by atoms with Gasteiger partial charge in [0.15, 0.2) is 0 Å². The van der Waals surface area contributed by atoms with Crippen LogP contribution >= 0.6 is 0 Å². The zero-order valence-corrected chi connectivity index (χ0v) is 35.4. The first kappa shape index (κ1) is 42.9. The molecule has 296 valence electrons. The summed E-state index contributed by atoms with van der Waals surface area (Å²) in [6, 6.07) is 0. The molecule has 2 nitrogen and oxygen atoms in total. The summed E-state index contributed by atoms with van der Waals surface area (Å²) < 4.78 is 6.15. The van der Waals surface area contributed by atoms with Crippen molar-refractivity contribution >= 4 is 5.97 Å². The van der Waals surface area contributed by atoms with E-state index < -0.39 is 0 Å². The molecule has 0 aromatic heterocycles. The standard InChI is InChI=1S/C49H88O2/c1-7-8-9-10-11-12-13-14-15-16-17-18-19-20-21-22-23-24-25-29-47(50)51-42-34-36-48(5)41(38-42)30-31-43-45-33-32-44(40(4)28-26-27-39(2)3)49(45,6)37-35-46(43)48/h30,39-40,42-46H,7-29,31-38H2,1-6H3/t40?,42-,43?,44+,45?,46?,48-,49+/m0/s1. The van der Waals surface area contributed by atoms with Crippen molar-refractivity contribution in [2.75, 3.05) is 0 Å². The molecule has 51 heavy (non-hydrogen) atoms. The van der Waals surface area contributed by atoms with Gasteiger partial charge in [-0.1, -0.05) is 188 Å². The number of carbonyl (C=O) groups excluding carboxylic acids is 1. The fourth-order valence-corrected chi connectivity index (χ4v) is 12.3. The van der Waals surface area contributed by atoms with Gasteiger partial charge in [0.1, 0.15) is 6.10 Å². The number of rotatable bonds is 26. The molecule has 4 unspecified atom stereocenters. The average Bonchev–Trinajstić information content (AvgIpc) is 3.46. The zero-order valence-electron chi connectivity index (χ0n) is 35.4. The van der Waals surface area contributed by atoms with Gasteiger partial charge in [-0.3, -0.25) is 4.79 Å². The molecule has 3 fully saturated rings. The number of ether oxygens (including phenoxy) is 1. The SMILES string of the molecule is CCCCCCCCCCCCCCCCCCCCCC(=O)O[C@H]1CC[C@@]2(C)C(=CCC3C2CC[C@@]2(C)C3CC[C@@H]2C(C)CCCC(C)C)C1. The summed E-state index contributed by atoms with van der Waals surface area (Å²) >= 11 is 0. The predicted molar refractivity (Wildman–Crippen MR) is 221 cm³/mol. The molecule has 0 amide bonds. The topological polar surface area (TPSA) is 26.3 Å². The lowest BCUT2D eigenvalue weighted by atomic mass is 9.47. The highest BCUT2D eigenvalue weighted by molar-refractivity contribution is 5.69. The van der Waals surface area contributed by atoms with Crippen molar-refractivity contribution < 1.29 is 9.53 Å². The van der Waals surface area contributed by atoms with Gasteiger partial charge in [-0.05, 0) is 97.7 Å². The number of hydrogen-bond acceptors (Lipinski definition) is 2. The number of hydrogen-bond donors (Lipinski definition) is 0. The second-order valence-corrected chi connectivity index (χ2v) is 19.8. The summed E-state index contributed by atoms with van der Waals surface area (Å²) in [6.07, 6.45) is 44.3. The predicted octanol–water partition coefficient (Wildman–Crippen LogP) is 15.8. The molecule has 4 rings (SSSR count). The number of fused-ring (bicyclic) bond motifs is 5. The maximum Gasteiger partial charge on any atom is 0.306 e. The second kappa shape index (κ2) is 22.6. The van der Waals surface area contributed by atoms with Gasteiger partial charge >= 0.3 is 5.97 Å². The summed E-state index contributed by atoms with van der Waals surface area (Å²) in [4.78, 5) is 12.9. The fraction of sp³-hybridized carbons (Fsp3) is 0.939. The van der Waals surface area contributed by atoms with Crippen LogP contribution in [0.2, 0.25) is 0 Å². The monoisotopic (exact) mass is 709 g/mol. The third-order valence-electron chi connectivity index (χ3n) is 15.5. The van der Waals surface area contributed by atoms with Crippen molar-refractivity contribution in [3.8, 4) is 0 Å². The minimum absolute atomic E-state index is 0.0674. The molecule has 8 atom stereocenters. The van der Waals surface area contributed by atoms with E-state index in [1.165, 1.54) is 173 Å². The molecule has 0 radical (unpaired) electrons. The van der Waals surface area contributed by atoms with E-state index in [-0.39, 0.29) is 12.1 Å². The molecular formula is C49H88O2. The molecular weight excluding hydrogens is 621 g/mol. The number of esters is 1. The van der Waals surface area contributed by atoms with Crippen LogP contribution in [0.25, 0.3) is 0 Å². The van der Waals surface area contributed by atoms with E-state index in [2.05, 4.69) is 47.6 Å². The van der Waals surface area contributed by atoms with Crippen LogP contribution in [0.4, 0.5) is 0 Å². The fourth-order valence-electron chi connectivity index (χ4n) is 12.3. The van der Waals surface area contributed by atoms with Crippen molar-refractivity contribution in [1.82, 2.24) is 0 Å². The quantitative estimate of drug-likeness (QED) is 0.0508. The van der Waals surface area contributed by atoms with Gasteiger partial charge in [0, 0.05) is 12.8 Å². The Hall–Kier alpha value is -0.790. The first-order valence-electron chi connectivity index (χ1n) is 23.6. The Morgan fingerprint density at radius 2 is 1.25 bits per heavy atom. The summed E-state index contributed by atoms with van der Waals surface area (Å²) in [7, 11) is 0. The molecule has 0 aromatic carbocycles. The Balaban J connectivity index is 1.03. The average molecular weight is 709 g/mol. The Labute approximate surface area is 319 Å². The van der Waals surface area contributed by atoms with Crippen LogP contribution in [0, 0.1) is 46.3 Å². The van der Waals surface area contributed by atoms with Gasteiger partial charge < -0.3 is 4.74 Å². The molecule has 0 heterocycles.